The molecule has 1 aliphatic heterocycles. The Balaban J connectivity index is 1.99. The molecule has 0 saturated heterocycles. The summed E-state index contributed by atoms with van der Waals surface area (Å²) in [6.45, 7) is 10.8. The minimum Gasteiger partial charge on any atom is -0.492 e. The SMILES string of the molecule is CCOc1c(Br)cc(Br)cc1C1C2=C(CC(C)(C)CC2=O)OC2=C1C(=O)CC(C)(C)C2. The summed E-state index contributed by atoms with van der Waals surface area (Å²) in [6, 6.07) is 3.90. The Kier molecular flexibility index (Phi) is 5.79. The van der Waals surface area contributed by atoms with E-state index in [4.69, 9.17) is 9.47 Å². The molecule has 4 nitrogen and oxygen atoms in total. The number of ether oxygens (including phenoxy) is 2. The maximum absolute atomic E-state index is 13.4. The Bertz CT molecular complexity index is 994. The standard InChI is InChI=1S/C25H28Br2O4/c1-6-30-23-14(7-13(26)8-15(23)27)20-21-16(28)9-24(2,3)11-18(21)31-19-12-25(4,5)10-17(29)22(19)20/h7-8,20H,6,9-12H2,1-5H3. The average molecular weight is 552 g/mol. The van der Waals surface area contributed by atoms with E-state index in [1.165, 1.54) is 0 Å². The second kappa shape index (κ2) is 7.87. The van der Waals surface area contributed by atoms with Crippen LogP contribution in [0.5, 0.6) is 5.75 Å². The zero-order valence-corrected chi connectivity index (χ0v) is 21.8. The fourth-order valence-corrected chi connectivity index (χ4v) is 6.45. The van der Waals surface area contributed by atoms with Gasteiger partial charge < -0.3 is 9.47 Å². The molecule has 0 bridgehead atoms. The highest BCUT2D eigenvalue weighted by atomic mass is 79.9. The number of ketones is 2. The van der Waals surface area contributed by atoms with Crippen molar-refractivity contribution in [1.82, 2.24) is 0 Å². The van der Waals surface area contributed by atoms with E-state index in [2.05, 4.69) is 59.6 Å². The lowest BCUT2D eigenvalue weighted by Crippen LogP contribution is -2.37. The van der Waals surface area contributed by atoms with Crippen LogP contribution < -0.4 is 4.74 Å². The molecule has 0 fully saturated rings. The topological polar surface area (TPSA) is 52.6 Å². The summed E-state index contributed by atoms with van der Waals surface area (Å²) in [7, 11) is 0. The van der Waals surface area contributed by atoms with Gasteiger partial charge in [0.2, 0.25) is 0 Å². The largest absolute Gasteiger partial charge is 0.492 e. The maximum atomic E-state index is 13.4. The number of halogens is 2. The summed E-state index contributed by atoms with van der Waals surface area (Å²) in [5.74, 6) is 1.74. The van der Waals surface area contributed by atoms with E-state index in [1.54, 1.807) is 0 Å². The molecule has 0 radical (unpaired) electrons. The van der Waals surface area contributed by atoms with Gasteiger partial charge in [0.05, 0.1) is 17.0 Å². The highest BCUT2D eigenvalue weighted by Crippen LogP contribution is 2.55. The van der Waals surface area contributed by atoms with E-state index in [0.29, 0.717) is 60.7 Å². The number of allylic oxidation sites excluding steroid dienone is 4. The minimum atomic E-state index is -0.471. The van der Waals surface area contributed by atoms with Crippen molar-refractivity contribution in [3.8, 4) is 5.75 Å². The normalized spacial score (nSPS) is 22.8. The molecule has 2 aliphatic carbocycles. The highest BCUT2D eigenvalue weighted by molar-refractivity contribution is 9.11. The molecule has 3 aliphatic rings. The first-order chi connectivity index (χ1) is 14.4. The quantitative estimate of drug-likeness (QED) is 0.405. The van der Waals surface area contributed by atoms with Crippen molar-refractivity contribution in [2.45, 2.75) is 66.2 Å². The van der Waals surface area contributed by atoms with Crippen molar-refractivity contribution < 1.29 is 19.1 Å². The van der Waals surface area contributed by atoms with Gasteiger partial charge in [-0.15, -0.1) is 0 Å². The van der Waals surface area contributed by atoms with Crippen LogP contribution in [0, 0.1) is 10.8 Å². The molecule has 0 aromatic heterocycles. The van der Waals surface area contributed by atoms with E-state index >= 15 is 0 Å². The number of hydrogen-bond donors (Lipinski definition) is 0. The maximum Gasteiger partial charge on any atom is 0.163 e. The number of hydrogen-bond acceptors (Lipinski definition) is 4. The zero-order chi connectivity index (χ0) is 22.7. The second-order valence-electron chi connectivity index (χ2n) is 10.3. The fourth-order valence-electron chi connectivity index (χ4n) is 5.08. The first-order valence-corrected chi connectivity index (χ1v) is 12.3. The summed E-state index contributed by atoms with van der Waals surface area (Å²) in [4.78, 5) is 26.9. The third-order valence-corrected chi connectivity index (χ3v) is 7.27. The molecule has 166 valence electrons. The summed E-state index contributed by atoms with van der Waals surface area (Å²) in [5.41, 5.74) is 1.72. The Labute approximate surface area is 200 Å². The van der Waals surface area contributed by atoms with Crippen LogP contribution in [0.2, 0.25) is 0 Å². The zero-order valence-electron chi connectivity index (χ0n) is 18.7. The van der Waals surface area contributed by atoms with Gasteiger partial charge in [0.1, 0.15) is 17.3 Å². The van der Waals surface area contributed by atoms with Gasteiger partial charge >= 0.3 is 0 Å². The van der Waals surface area contributed by atoms with E-state index in [1.807, 2.05) is 19.1 Å². The summed E-state index contributed by atoms with van der Waals surface area (Å²) >= 11 is 7.21. The van der Waals surface area contributed by atoms with Crippen molar-refractivity contribution in [3.05, 3.63) is 49.3 Å². The minimum absolute atomic E-state index is 0.0546. The van der Waals surface area contributed by atoms with Gasteiger partial charge in [-0.25, -0.2) is 0 Å². The molecule has 0 unspecified atom stereocenters. The van der Waals surface area contributed by atoms with Crippen LogP contribution in [-0.2, 0) is 14.3 Å². The summed E-state index contributed by atoms with van der Waals surface area (Å²) in [5, 5.41) is 0. The molecule has 0 saturated carbocycles. The predicted molar refractivity (Wildman–Crippen MR) is 127 cm³/mol. The first-order valence-electron chi connectivity index (χ1n) is 10.7. The molecule has 1 heterocycles. The Morgan fingerprint density at radius 3 is 1.94 bits per heavy atom. The Hall–Kier alpha value is -1.40. The van der Waals surface area contributed by atoms with E-state index in [-0.39, 0.29) is 22.4 Å². The van der Waals surface area contributed by atoms with Crippen molar-refractivity contribution >= 4 is 43.4 Å². The molecule has 0 spiro atoms. The lowest BCUT2D eigenvalue weighted by molar-refractivity contribution is -0.120. The molecule has 0 amide bonds. The molecule has 1 aromatic carbocycles. The van der Waals surface area contributed by atoms with Gasteiger partial charge in [0.15, 0.2) is 11.6 Å². The van der Waals surface area contributed by atoms with Gasteiger partial charge in [-0.2, -0.15) is 0 Å². The van der Waals surface area contributed by atoms with Crippen molar-refractivity contribution in [2.75, 3.05) is 6.61 Å². The summed E-state index contributed by atoms with van der Waals surface area (Å²) < 4.78 is 14.0. The van der Waals surface area contributed by atoms with Crippen molar-refractivity contribution in [1.29, 1.82) is 0 Å². The first kappa shape index (κ1) is 22.8. The van der Waals surface area contributed by atoms with E-state index in [9.17, 15) is 9.59 Å². The molecular weight excluding hydrogens is 524 g/mol. The third kappa shape index (κ3) is 4.18. The molecule has 1 aromatic rings. The van der Waals surface area contributed by atoms with Gasteiger partial charge in [0, 0.05) is 46.9 Å². The smallest absolute Gasteiger partial charge is 0.163 e. The molecule has 0 N–H and O–H groups in total. The number of benzene rings is 1. The van der Waals surface area contributed by atoms with E-state index < -0.39 is 5.92 Å². The van der Waals surface area contributed by atoms with Crippen LogP contribution in [0.1, 0.15) is 71.8 Å². The Morgan fingerprint density at radius 2 is 1.45 bits per heavy atom. The molecule has 4 rings (SSSR count). The Morgan fingerprint density at radius 1 is 0.935 bits per heavy atom. The highest BCUT2D eigenvalue weighted by Gasteiger charge is 2.48. The third-order valence-electron chi connectivity index (χ3n) is 6.22. The average Bonchev–Trinajstić information content (AvgIpc) is 2.60. The van der Waals surface area contributed by atoms with Crippen LogP contribution in [-0.4, -0.2) is 18.2 Å². The molecule has 31 heavy (non-hydrogen) atoms. The van der Waals surface area contributed by atoms with Crippen LogP contribution in [0.25, 0.3) is 0 Å². The van der Waals surface area contributed by atoms with Crippen LogP contribution in [0.4, 0.5) is 0 Å². The van der Waals surface area contributed by atoms with Crippen LogP contribution in [0.3, 0.4) is 0 Å². The number of carbonyl (C=O) groups is 2. The van der Waals surface area contributed by atoms with Crippen molar-refractivity contribution in [2.24, 2.45) is 10.8 Å². The molecule has 0 atom stereocenters. The van der Waals surface area contributed by atoms with Crippen LogP contribution >= 0.6 is 31.9 Å². The monoisotopic (exact) mass is 550 g/mol. The van der Waals surface area contributed by atoms with Gasteiger partial charge in [-0.3, -0.25) is 9.59 Å². The number of rotatable bonds is 3. The van der Waals surface area contributed by atoms with E-state index in [0.717, 1.165) is 14.5 Å². The fraction of sp³-hybridized carbons (Fsp3) is 0.520. The van der Waals surface area contributed by atoms with Crippen molar-refractivity contribution in [3.63, 3.8) is 0 Å². The lowest BCUT2D eigenvalue weighted by Gasteiger charge is -2.43. The van der Waals surface area contributed by atoms with Gasteiger partial charge in [-0.05, 0) is 45.8 Å². The lowest BCUT2D eigenvalue weighted by atomic mass is 9.65. The molecular formula is C25H28Br2O4. The summed E-state index contributed by atoms with van der Waals surface area (Å²) in [6.07, 6.45) is 2.23. The van der Waals surface area contributed by atoms with Crippen LogP contribution in [0.15, 0.2) is 43.7 Å². The van der Waals surface area contributed by atoms with Gasteiger partial charge in [0.25, 0.3) is 0 Å². The number of Topliss-reactive ketones (excluding diaryl/α,β-unsaturated/α-hetero) is 2. The second-order valence-corrected chi connectivity index (χ2v) is 12.1. The van der Waals surface area contributed by atoms with Gasteiger partial charge in [-0.1, -0.05) is 43.6 Å². The molecule has 6 heteroatoms. The predicted octanol–water partition coefficient (Wildman–Crippen LogP) is 7.01. The number of carbonyl (C=O) groups excluding carboxylic acids is 2.